The molecule has 0 aromatic carbocycles. The first-order valence-electron chi connectivity index (χ1n) is 12.2. The van der Waals surface area contributed by atoms with Gasteiger partial charge in [0.05, 0.1) is 17.7 Å². The number of ether oxygens (including phenoxy) is 1. The highest BCUT2D eigenvalue weighted by atomic mass is 32.1. The van der Waals surface area contributed by atoms with Crippen molar-refractivity contribution in [3.05, 3.63) is 88.9 Å². The predicted octanol–water partition coefficient (Wildman–Crippen LogP) is 4.49. The van der Waals surface area contributed by atoms with Gasteiger partial charge in [0.15, 0.2) is 5.82 Å². The summed E-state index contributed by atoms with van der Waals surface area (Å²) in [6.07, 6.45) is 6.76. The standard InChI is InChI=1S/C28H25N9O2S/c1-17-10-24(35-25-11-21(16-29-2)40-37-25)36-27(34-17)20-5-8-23(31-15-20)28(38)33-13-18-4-7-22(30-12-18)19-6-9-26(39-3)32-14-19/h4-12,14-16H,13H2,1-3H3,(H,33,38)(H,34,35,36,37)/b29-16-. The molecule has 0 aliphatic heterocycles. The first-order chi connectivity index (χ1) is 19.5. The first kappa shape index (κ1) is 26.5. The van der Waals surface area contributed by atoms with Crippen LogP contribution in [0.3, 0.4) is 0 Å². The van der Waals surface area contributed by atoms with Gasteiger partial charge in [-0.1, -0.05) is 6.07 Å². The summed E-state index contributed by atoms with van der Waals surface area (Å²) < 4.78 is 9.46. The Morgan fingerprint density at radius 3 is 2.52 bits per heavy atom. The molecule has 11 nitrogen and oxygen atoms in total. The summed E-state index contributed by atoms with van der Waals surface area (Å²) in [5, 5.41) is 6.08. The zero-order valence-corrected chi connectivity index (χ0v) is 22.8. The molecule has 200 valence electrons. The van der Waals surface area contributed by atoms with Crippen LogP contribution in [0.25, 0.3) is 22.6 Å². The maximum absolute atomic E-state index is 12.7. The highest BCUT2D eigenvalue weighted by Gasteiger charge is 2.11. The number of hydrogen-bond acceptors (Lipinski definition) is 11. The number of anilines is 2. The molecule has 0 saturated carbocycles. The Morgan fingerprint density at radius 2 is 1.82 bits per heavy atom. The summed E-state index contributed by atoms with van der Waals surface area (Å²) in [7, 11) is 3.29. The van der Waals surface area contributed by atoms with Gasteiger partial charge in [0.1, 0.15) is 17.3 Å². The summed E-state index contributed by atoms with van der Waals surface area (Å²) in [5.74, 6) is 2.03. The molecule has 5 heterocycles. The van der Waals surface area contributed by atoms with E-state index in [0.29, 0.717) is 35.4 Å². The van der Waals surface area contributed by atoms with Crippen molar-refractivity contribution in [3.8, 4) is 28.5 Å². The molecular weight excluding hydrogens is 526 g/mol. The fourth-order valence-corrected chi connectivity index (χ4v) is 4.33. The molecule has 0 atom stereocenters. The van der Waals surface area contributed by atoms with Gasteiger partial charge in [-0.2, -0.15) is 4.37 Å². The summed E-state index contributed by atoms with van der Waals surface area (Å²) in [6.45, 7) is 2.20. The number of aromatic nitrogens is 6. The van der Waals surface area contributed by atoms with Crippen molar-refractivity contribution in [1.29, 1.82) is 0 Å². The third-order valence-electron chi connectivity index (χ3n) is 5.67. The van der Waals surface area contributed by atoms with E-state index in [2.05, 4.69) is 44.9 Å². The number of nitrogens with zero attached hydrogens (tertiary/aromatic N) is 7. The minimum atomic E-state index is -0.294. The van der Waals surface area contributed by atoms with Crippen LogP contribution in [-0.2, 0) is 6.54 Å². The van der Waals surface area contributed by atoms with Crippen LogP contribution in [0.5, 0.6) is 5.88 Å². The highest BCUT2D eigenvalue weighted by Crippen LogP contribution is 2.22. The summed E-state index contributed by atoms with van der Waals surface area (Å²) >= 11 is 1.34. The number of aliphatic imine (C=N–C) groups is 1. The van der Waals surface area contributed by atoms with Crippen molar-refractivity contribution in [2.75, 3.05) is 19.5 Å². The zero-order chi connectivity index (χ0) is 27.9. The van der Waals surface area contributed by atoms with Crippen LogP contribution in [0.1, 0.15) is 26.6 Å². The molecule has 0 fully saturated rings. The number of methoxy groups -OCH3 is 1. The van der Waals surface area contributed by atoms with Crippen molar-refractivity contribution in [1.82, 2.24) is 34.6 Å². The minimum absolute atomic E-state index is 0.288. The van der Waals surface area contributed by atoms with Gasteiger partial charge < -0.3 is 15.4 Å². The Bertz CT molecular complexity index is 1630. The minimum Gasteiger partial charge on any atom is -0.481 e. The largest absolute Gasteiger partial charge is 0.481 e. The van der Waals surface area contributed by atoms with E-state index in [4.69, 9.17) is 4.74 Å². The molecule has 40 heavy (non-hydrogen) atoms. The smallest absolute Gasteiger partial charge is 0.270 e. The molecule has 12 heteroatoms. The van der Waals surface area contributed by atoms with E-state index in [9.17, 15) is 4.79 Å². The quantitative estimate of drug-likeness (QED) is 0.254. The molecule has 5 rings (SSSR count). The normalized spacial score (nSPS) is 11.0. The van der Waals surface area contributed by atoms with E-state index in [1.807, 2.05) is 37.3 Å². The summed E-state index contributed by atoms with van der Waals surface area (Å²) in [6, 6.07) is 14.6. The van der Waals surface area contributed by atoms with Gasteiger partial charge in [-0.15, -0.1) is 0 Å². The lowest BCUT2D eigenvalue weighted by atomic mass is 10.1. The number of amides is 1. The number of carbonyl (C=O) groups is 1. The number of carbonyl (C=O) groups excluding carboxylic acids is 1. The Morgan fingerprint density at radius 1 is 0.975 bits per heavy atom. The molecule has 0 aliphatic rings. The third-order valence-corrected chi connectivity index (χ3v) is 6.39. The second-order valence-electron chi connectivity index (χ2n) is 8.60. The molecule has 2 N–H and O–H groups in total. The van der Waals surface area contributed by atoms with Gasteiger partial charge in [-0.25, -0.2) is 15.0 Å². The molecule has 0 bridgehead atoms. The topological polar surface area (TPSA) is 140 Å². The van der Waals surface area contributed by atoms with E-state index in [1.165, 1.54) is 11.5 Å². The SMILES string of the molecule is C/N=C\c1cc(Nc2cc(C)nc(-c3ccc(C(=O)NCc4ccc(-c5ccc(OC)nc5)nc4)nc3)n2)ns1. The Hall–Kier alpha value is -5.10. The molecule has 0 saturated heterocycles. The maximum Gasteiger partial charge on any atom is 0.270 e. The lowest BCUT2D eigenvalue weighted by Crippen LogP contribution is -2.23. The number of aryl methyl sites for hydroxylation is 1. The molecule has 5 aromatic heterocycles. The van der Waals surface area contributed by atoms with Crippen LogP contribution in [0.15, 0.2) is 72.1 Å². The fraction of sp³-hybridized carbons (Fsp3) is 0.143. The van der Waals surface area contributed by atoms with Crippen LogP contribution in [0.2, 0.25) is 0 Å². The van der Waals surface area contributed by atoms with Gasteiger partial charge in [0.2, 0.25) is 5.88 Å². The molecule has 0 aliphatic carbocycles. The van der Waals surface area contributed by atoms with Crippen LogP contribution in [0.4, 0.5) is 11.6 Å². The second-order valence-corrected chi connectivity index (χ2v) is 9.44. The lowest BCUT2D eigenvalue weighted by molar-refractivity contribution is 0.0946. The van der Waals surface area contributed by atoms with Gasteiger partial charge >= 0.3 is 0 Å². The van der Waals surface area contributed by atoms with E-state index >= 15 is 0 Å². The van der Waals surface area contributed by atoms with Crippen molar-refractivity contribution in [3.63, 3.8) is 0 Å². The van der Waals surface area contributed by atoms with E-state index in [-0.39, 0.29) is 11.6 Å². The molecule has 0 radical (unpaired) electrons. The zero-order valence-electron chi connectivity index (χ0n) is 22.0. The number of rotatable bonds is 9. The average molecular weight is 552 g/mol. The maximum atomic E-state index is 12.7. The number of nitrogens with one attached hydrogen (secondary N) is 2. The van der Waals surface area contributed by atoms with Gasteiger partial charge in [-0.3, -0.25) is 19.8 Å². The number of hydrogen-bond donors (Lipinski definition) is 2. The fourth-order valence-electron chi connectivity index (χ4n) is 3.71. The third kappa shape index (κ3) is 6.48. The van der Waals surface area contributed by atoms with Crippen LogP contribution >= 0.6 is 11.5 Å². The average Bonchev–Trinajstić information content (AvgIpc) is 3.42. The van der Waals surface area contributed by atoms with Crippen molar-refractivity contribution in [2.24, 2.45) is 4.99 Å². The molecule has 0 spiro atoms. The van der Waals surface area contributed by atoms with E-state index < -0.39 is 0 Å². The Balaban J connectivity index is 1.21. The second kappa shape index (κ2) is 12.2. The van der Waals surface area contributed by atoms with E-state index in [0.717, 1.165) is 27.4 Å². The van der Waals surface area contributed by atoms with Crippen LogP contribution in [-0.4, -0.2) is 55.6 Å². The number of pyridine rings is 3. The first-order valence-corrected chi connectivity index (χ1v) is 13.0. The summed E-state index contributed by atoms with van der Waals surface area (Å²) in [5.41, 5.74) is 4.27. The predicted molar refractivity (Wildman–Crippen MR) is 154 cm³/mol. The van der Waals surface area contributed by atoms with Crippen molar-refractivity contribution in [2.45, 2.75) is 13.5 Å². The lowest BCUT2D eigenvalue weighted by Gasteiger charge is -2.08. The molecule has 0 unspecified atom stereocenters. The Labute approximate surface area is 234 Å². The van der Waals surface area contributed by atoms with Gasteiger partial charge in [-0.05, 0) is 48.3 Å². The molecular formula is C28H25N9O2S. The van der Waals surface area contributed by atoms with Crippen LogP contribution < -0.4 is 15.4 Å². The van der Waals surface area contributed by atoms with Gasteiger partial charge in [0, 0.05) is 73.4 Å². The van der Waals surface area contributed by atoms with Crippen molar-refractivity contribution >= 4 is 35.3 Å². The van der Waals surface area contributed by atoms with Crippen LogP contribution in [0, 0.1) is 6.92 Å². The monoisotopic (exact) mass is 551 g/mol. The van der Waals surface area contributed by atoms with Gasteiger partial charge in [0.25, 0.3) is 5.91 Å². The molecule has 1 amide bonds. The molecule has 5 aromatic rings. The Kier molecular flexibility index (Phi) is 8.07. The van der Waals surface area contributed by atoms with Crippen molar-refractivity contribution < 1.29 is 9.53 Å². The summed E-state index contributed by atoms with van der Waals surface area (Å²) in [4.78, 5) is 39.8. The highest BCUT2D eigenvalue weighted by molar-refractivity contribution is 7.08. The van der Waals surface area contributed by atoms with E-state index in [1.54, 1.807) is 57.2 Å².